The van der Waals surface area contributed by atoms with Crippen LogP contribution in [0.1, 0.15) is 51.9 Å². The van der Waals surface area contributed by atoms with Crippen molar-refractivity contribution in [3.63, 3.8) is 0 Å². The fourth-order valence-electron chi connectivity index (χ4n) is 2.59. The maximum atomic E-state index is 5.76. The van der Waals surface area contributed by atoms with Crippen LogP contribution in [0.4, 0.5) is 11.9 Å². The Balaban J connectivity index is 2.11. The molecule has 1 fully saturated rings. The molecule has 0 atom stereocenters. The van der Waals surface area contributed by atoms with Gasteiger partial charge in [0.05, 0.1) is 6.61 Å². The van der Waals surface area contributed by atoms with Gasteiger partial charge in [0.15, 0.2) is 0 Å². The molecule has 112 valence electrons. The van der Waals surface area contributed by atoms with Gasteiger partial charge in [-0.3, -0.25) is 0 Å². The first kappa shape index (κ1) is 14.8. The summed E-state index contributed by atoms with van der Waals surface area (Å²) in [7, 11) is 2.04. The lowest BCUT2D eigenvalue weighted by molar-refractivity contribution is 0.291. The molecule has 0 spiro atoms. The maximum Gasteiger partial charge on any atom is 0.323 e. The molecule has 6 nitrogen and oxygen atoms in total. The Morgan fingerprint density at radius 1 is 1.15 bits per heavy atom. The van der Waals surface area contributed by atoms with Crippen molar-refractivity contribution in [2.75, 3.05) is 24.3 Å². The molecule has 0 amide bonds. The molecule has 2 rings (SSSR count). The number of ether oxygens (including phenoxy) is 1. The van der Waals surface area contributed by atoms with Gasteiger partial charge in [-0.1, -0.05) is 32.6 Å². The summed E-state index contributed by atoms with van der Waals surface area (Å²) in [4.78, 5) is 14.8. The molecular weight excluding hydrogens is 254 g/mol. The first-order chi connectivity index (χ1) is 9.70. The molecule has 0 aromatic carbocycles. The topological polar surface area (TPSA) is 77.2 Å². The fraction of sp³-hybridized carbons (Fsp3) is 0.786. The van der Waals surface area contributed by atoms with Crippen molar-refractivity contribution in [2.45, 2.75) is 57.9 Å². The third-order valence-corrected chi connectivity index (χ3v) is 3.74. The van der Waals surface area contributed by atoms with E-state index in [9.17, 15) is 0 Å². The lowest BCUT2D eigenvalue weighted by Crippen LogP contribution is -2.33. The van der Waals surface area contributed by atoms with Crippen molar-refractivity contribution < 1.29 is 4.74 Å². The highest BCUT2D eigenvalue weighted by molar-refractivity contribution is 5.36. The molecule has 0 aliphatic heterocycles. The van der Waals surface area contributed by atoms with E-state index in [1.807, 2.05) is 14.0 Å². The van der Waals surface area contributed by atoms with E-state index >= 15 is 0 Å². The highest BCUT2D eigenvalue weighted by Gasteiger charge is 2.20. The summed E-state index contributed by atoms with van der Waals surface area (Å²) in [6, 6.07) is 0.813. The molecule has 1 aromatic heterocycles. The molecule has 1 aliphatic rings. The monoisotopic (exact) mass is 279 g/mol. The van der Waals surface area contributed by atoms with Gasteiger partial charge in [-0.15, -0.1) is 0 Å². The van der Waals surface area contributed by atoms with Crippen LogP contribution < -0.4 is 15.4 Å². The first-order valence-electron chi connectivity index (χ1n) is 7.58. The summed E-state index contributed by atoms with van der Waals surface area (Å²) in [5.74, 6) is 0.845. The van der Waals surface area contributed by atoms with Gasteiger partial charge in [0.2, 0.25) is 11.9 Å². The van der Waals surface area contributed by atoms with E-state index in [0.717, 1.165) is 6.42 Å². The molecule has 20 heavy (non-hydrogen) atoms. The summed E-state index contributed by atoms with van der Waals surface area (Å²) in [6.07, 6.45) is 8.49. The Bertz CT molecular complexity index is 418. The molecular formula is C14H25N5O. The van der Waals surface area contributed by atoms with Gasteiger partial charge in [-0.25, -0.2) is 0 Å². The first-order valence-corrected chi connectivity index (χ1v) is 7.58. The minimum atomic E-state index is 0.224. The number of nitrogen functional groups attached to an aromatic ring is 1. The van der Waals surface area contributed by atoms with E-state index in [-0.39, 0.29) is 5.95 Å². The van der Waals surface area contributed by atoms with Crippen LogP contribution in [-0.2, 0) is 0 Å². The smallest absolute Gasteiger partial charge is 0.323 e. The number of rotatable bonds is 5. The van der Waals surface area contributed by atoms with Gasteiger partial charge >= 0.3 is 6.01 Å². The second-order valence-electron chi connectivity index (χ2n) is 5.38. The Kier molecular flexibility index (Phi) is 5.38. The van der Waals surface area contributed by atoms with Crippen LogP contribution in [0.25, 0.3) is 0 Å². The summed E-state index contributed by atoms with van der Waals surface area (Å²) in [5.41, 5.74) is 5.76. The number of nitrogens with zero attached hydrogens (tertiary/aromatic N) is 4. The van der Waals surface area contributed by atoms with Crippen molar-refractivity contribution in [2.24, 2.45) is 0 Å². The van der Waals surface area contributed by atoms with E-state index in [1.165, 1.54) is 38.5 Å². The van der Waals surface area contributed by atoms with Crippen molar-refractivity contribution in [1.29, 1.82) is 0 Å². The van der Waals surface area contributed by atoms with Crippen molar-refractivity contribution in [3.05, 3.63) is 0 Å². The summed E-state index contributed by atoms with van der Waals surface area (Å²) < 4.78 is 5.47. The van der Waals surface area contributed by atoms with Crippen LogP contribution >= 0.6 is 0 Å². The predicted octanol–water partition coefficient (Wildman–Crippen LogP) is 2.40. The zero-order chi connectivity index (χ0) is 14.4. The molecule has 1 heterocycles. The Hall–Kier alpha value is -1.59. The minimum Gasteiger partial charge on any atom is -0.463 e. The maximum absolute atomic E-state index is 5.76. The van der Waals surface area contributed by atoms with Gasteiger partial charge in [0.25, 0.3) is 0 Å². The number of hydrogen-bond acceptors (Lipinski definition) is 6. The lowest BCUT2D eigenvalue weighted by atomic mass is 10.1. The third-order valence-electron chi connectivity index (χ3n) is 3.74. The third kappa shape index (κ3) is 3.95. The molecule has 0 saturated heterocycles. The van der Waals surface area contributed by atoms with E-state index < -0.39 is 0 Å². The average molecular weight is 279 g/mol. The zero-order valence-corrected chi connectivity index (χ0v) is 12.5. The molecule has 0 unspecified atom stereocenters. The molecule has 1 aromatic rings. The van der Waals surface area contributed by atoms with E-state index in [4.69, 9.17) is 10.5 Å². The van der Waals surface area contributed by atoms with Crippen molar-refractivity contribution >= 4 is 11.9 Å². The minimum absolute atomic E-state index is 0.224. The van der Waals surface area contributed by atoms with E-state index in [2.05, 4.69) is 19.9 Å². The quantitative estimate of drug-likeness (QED) is 0.834. The van der Waals surface area contributed by atoms with Crippen LogP contribution in [-0.4, -0.2) is 34.6 Å². The van der Waals surface area contributed by atoms with E-state index in [0.29, 0.717) is 24.6 Å². The average Bonchev–Trinajstić information content (AvgIpc) is 2.72. The van der Waals surface area contributed by atoms with Gasteiger partial charge in [-0.2, -0.15) is 15.0 Å². The Labute approximate surface area is 120 Å². The SMILES string of the molecule is CCCOc1nc(N)nc(N(C)C2CCCCCC2)n1. The van der Waals surface area contributed by atoms with Gasteiger partial charge in [0, 0.05) is 13.1 Å². The number of anilines is 2. The molecule has 1 aliphatic carbocycles. The standard InChI is InChI=1S/C14H25N5O/c1-3-10-20-14-17-12(15)16-13(18-14)19(2)11-8-6-4-5-7-9-11/h11H,3-10H2,1-2H3,(H2,15,16,17,18). The van der Waals surface area contributed by atoms with Crippen LogP contribution in [0, 0.1) is 0 Å². The highest BCUT2D eigenvalue weighted by Crippen LogP contribution is 2.24. The second kappa shape index (κ2) is 7.26. The van der Waals surface area contributed by atoms with Gasteiger partial charge in [0.1, 0.15) is 0 Å². The fourth-order valence-corrected chi connectivity index (χ4v) is 2.59. The summed E-state index contributed by atoms with van der Waals surface area (Å²) >= 11 is 0. The Morgan fingerprint density at radius 3 is 2.50 bits per heavy atom. The molecule has 6 heteroatoms. The molecule has 0 bridgehead atoms. The zero-order valence-electron chi connectivity index (χ0n) is 12.5. The largest absolute Gasteiger partial charge is 0.463 e. The van der Waals surface area contributed by atoms with E-state index in [1.54, 1.807) is 0 Å². The lowest BCUT2D eigenvalue weighted by Gasteiger charge is -2.27. The predicted molar refractivity (Wildman–Crippen MR) is 79.9 cm³/mol. The van der Waals surface area contributed by atoms with Crippen LogP contribution in [0.15, 0.2) is 0 Å². The molecule has 2 N–H and O–H groups in total. The summed E-state index contributed by atoms with van der Waals surface area (Å²) in [6.45, 7) is 2.64. The number of aromatic nitrogens is 3. The second-order valence-corrected chi connectivity index (χ2v) is 5.38. The van der Waals surface area contributed by atoms with Crippen LogP contribution in [0.3, 0.4) is 0 Å². The molecule has 1 saturated carbocycles. The highest BCUT2D eigenvalue weighted by atomic mass is 16.5. The summed E-state index contributed by atoms with van der Waals surface area (Å²) in [5, 5.41) is 0. The van der Waals surface area contributed by atoms with Crippen LogP contribution in [0.2, 0.25) is 0 Å². The number of nitrogens with two attached hydrogens (primary N) is 1. The number of hydrogen-bond donors (Lipinski definition) is 1. The normalized spacial score (nSPS) is 16.7. The Morgan fingerprint density at radius 2 is 1.85 bits per heavy atom. The van der Waals surface area contributed by atoms with Gasteiger partial charge < -0.3 is 15.4 Å². The van der Waals surface area contributed by atoms with Crippen molar-refractivity contribution in [3.8, 4) is 6.01 Å². The molecule has 0 radical (unpaired) electrons. The van der Waals surface area contributed by atoms with Gasteiger partial charge in [-0.05, 0) is 19.3 Å². The van der Waals surface area contributed by atoms with Crippen molar-refractivity contribution in [1.82, 2.24) is 15.0 Å². The van der Waals surface area contributed by atoms with Crippen LogP contribution in [0.5, 0.6) is 6.01 Å².